The van der Waals surface area contributed by atoms with Crippen molar-refractivity contribution >= 4 is 29.1 Å². The Labute approximate surface area is 156 Å². The van der Waals surface area contributed by atoms with Crippen LogP contribution in [0.1, 0.15) is 37.4 Å². The van der Waals surface area contributed by atoms with Crippen molar-refractivity contribution in [3.05, 3.63) is 64.2 Å². The number of aryl methyl sites for hydroxylation is 3. The van der Waals surface area contributed by atoms with Crippen molar-refractivity contribution in [3.63, 3.8) is 0 Å². The fourth-order valence-corrected chi connectivity index (χ4v) is 3.42. The maximum atomic E-state index is 12.4. The zero-order valence-corrected chi connectivity index (χ0v) is 15.4. The first-order chi connectivity index (χ1) is 12.8. The molecular formula is C21H19NO5. The number of benzene rings is 2. The molecule has 1 heterocycles. The summed E-state index contributed by atoms with van der Waals surface area (Å²) in [4.78, 5) is 49.7. The molecule has 1 aliphatic heterocycles. The number of hydrogen-bond donors (Lipinski definition) is 0. The minimum absolute atomic E-state index is 0.261. The van der Waals surface area contributed by atoms with Gasteiger partial charge in [0.25, 0.3) is 11.7 Å². The molecule has 2 aromatic carbocycles. The van der Waals surface area contributed by atoms with Gasteiger partial charge < -0.3 is 4.74 Å². The van der Waals surface area contributed by atoms with E-state index in [1.54, 1.807) is 18.2 Å². The van der Waals surface area contributed by atoms with Crippen LogP contribution in [0.15, 0.2) is 36.4 Å². The van der Waals surface area contributed by atoms with Gasteiger partial charge >= 0.3 is 5.97 Å². The van der Waals surface area contributed by atoms with Crippen LogP contribution in [0, 0.1) is 20.8 Å². The van der Waals surface area contributed by atoms with Crippen LogP contribution in [0.4, 0.5) is 5.69 Å². The van der Waals surface area contributed by atoms with Gasteiger partial charge in [0.1, 0.15) is 6.54 Å². The van der Waals surface area contributed by atoms with Crippen molar-refractivity contribution < 1.29 is 23.9 Å². The molecule has 0 aliphatic carbocycles. The third-order valence-corrected chi connectivity index (χ3v) is 4.49. The first-order valence-electron chi connectivity index (χ1n) is 8.51. The first-order valence-corrected chi connectivity index (χ1v) is 8.51. The van der Waals surface area contributed by atoms with Crippen LogP contribution in [0.25, 0.3) is 0 Å². The number of hydrogen-bond acceptors (Lipinski definition) is 5. The Morgan fingerprint density at radius 2 is 1.63 bits per heavy atom. The second-order valence-corrected chi connectivity index (χ2v) is 6.60. The fourth-order valence-electron chi connectivity index (χ4n) is 3.42. The maximum Gasteiger partial charge on any atom is 0.326 e. The van der Waals surface area contributed by atoms with Crippen LogP contribution >= 0.6 is 0 Å². The summed E-state index contributed by atoms with van der Waals surface area (Å²) < 4.78 is 5.07. The highest BCUT2D eigenvalue weighted by Gasteiger charge is 2.36. The van der Waals surface area contributed by atoms with Crippen molar-refractivity contribution in [2.24, 2.45) is 0 Å². The van der Waals surface area contributed by atoms with E-state index in [-0.39, 0.29) is 11.3 Å². The largest absolute Gasteiger partial charge is 0.456 e. The third-order valence-electron chi connectivity index (χ3n) is 4.49. The lowest BCUT2D eigenvalue weighted by Gasteiger charge is -2.16. The number of para-hydroxylation sites is 1. The Balaban J connectivity index is 1.67. The smallest absolute Gasteiger partial charge is 0.326 e. The van der Waals surface area contributed by atoms with E-state index in [4.69, 9.17) is 4.74 Å². The van der Waals surface area contributed by atoms with Gasteiger partial charge in [0, 0.05) is 5.56 Å². The predicted molar refractivity (Wildman–Crippen MR) is 99.1 cm³/mol. The Morgan fingerprint density at radius 3 is 2.30 bits per heavy atom. The number of ketones is 2. The number of Topliss-reactive ketones (excluding diaryl/α,β-unsaturated/α-hetero) is 2. The van der Waals surface area contributed by atoms with Gasteiger partial charge in [-0.25, -0.2) is 0 Å². The van der Waals surface area contributed by atoms with Crippen LogP contribution < -0.4 is 4.90 Å². The Bertz CT molecular complexity index is 953. The lowest BCUT2D eigenvalue weighted by molar-refractivity contribution is -0.141. The molecule has 0 unspecified atom stereocenters. The van der Waals surface area contributed by atoms with Crippen LogP contribution in [0.3, 0.4) is 0 Å². The van der Waals surface area contributed by atoms with Gasteiger partial charge in [0.05, 0.1) is 11.3 Å². The molecule has 1 amide bonds. The number of carbonyl (C=O) groups excluding carboxylic acids is 4. The summed E-state index contributed by atoms with van der Waals surface area (Å²) >= 11 is 0. The zero-order chi connectivity index (χ0) is 19.7. The van der Waals surface area contributed by atoms with E-state index in [1.807, 2.05) is 32.9 Å². The van der Waals surface area contributed by atoms with Crippen molar-refractivity contribution in [1.29, 1.82) is 0 Å². The van der Waals surface area contributed by atoms with Crippen molar-refractivity contribution in [3.8, 4) is 0 Å². The van der Waals surface area contributed by atoms with E-state index in [0.29, 0.717) is 11.3 Å². The number of esters is 1. The summed E-state index contributed by atoms with van der Waals surface area (Å²) in [5.41, 5.74) is 3.87. The van der Waals surface area contributed by atoms with Crippen molar-refractivity contribution in [2.75, 3.05) is 18.1 Å². The maximum absolute atomic E-state index is 12.4. The molecule has 0 spiro atoms. The van der Waals surface area contributed by atoms with E-state index in [9.17, 15) is 19.2 Å². The van der Waals surface area contributed by atoms with Gasteiger partial charge in [-0.1, -0.05) is 29.8 Å². The quantitative estimate of drug-likeness (QED) is 0.462. The van der Waals surface area contributed by atoms with E-state index in [2.05, 4.69) is 0 Å². The van der Waals surface area contributed by atoms with Gasteiger partial charge in [0.2, 0.25) is 5.78 Å². The highest BCUT2D eigenvalue weighted by Crippen LogP contribution is 2.28. The molecular weight excluding hydrogens is 346 g/mol. The number of fused-ring (bicyclic) bond motifs is 1. The normalized spacial score (nSPS) is 12.9. The Hall–Kier alpha value is -3.28. The standard InChI is InChI=1S/C21H19NO5/c1-12-8-13(2)19(14(3)9-12)17(23)11-27-18(24)10-22-16-7-5-4-6-15(16)20(25)21(22)26/h4-9H,10-11H2,1-3H3. The zero-order valence-electron chi connectivity index (χ0n) is 15.4. The molecule has 27 heavy (non-hydrogen) atoms. The van der Waals surface area contributed by atoms with Gasteiger partial charge in [0.15, 0.2) is 6.61 Å². The summed E-state index contributed by atoms with van der Waals surface area (Å²) in [5.74, 6) is -2.48. The Morgan fingerprint density at radius 1 is 1.00 bits per heavy atom. The summed E-state index contributed by atoms with van der Waals surface area (Å²) in [7, 11) is 0. The SMILES string of the molecule is Cc1cc(C)c(C(=O)COC(=O)CN2C(=O)C(=O)c3ccccc32)c(C)c1. The van der Waals surface area contributed by atoms with E-state index < -0.39 is 30.8 Å². The first kappa shape index (κ1) is 18.5. The van der Waals surface area contributed by atoms with Crippen LogP contribution in [0.5, 0.6) is 0 Å². The molecule has 0 aromatic heterocycles. The van der Waals surface area contributed by atoms with E-state index in [0.717, 1.165) is 21.6 Å². The molecule has 2 aromatic rings. The summed E-state index contributed by atoms with van der Waals surface area (Å²) in [6.45, 7) is 4.78. The minimum atomic E-state index is -0.773. The second-order valence-electron chi connectivity index (χ2n) is 6.60. The topological polar surface area (TPSA) is 80.8 Å². The highest BCUT2D eigenvalue weighted by atomic mass is 16.5. The average molecular weight is 365 g/mol. The fraction of sp³-hybridized carbons (Fsp3) is 0.238. The third kappa shape index (κ3) is 3.51. The molecule has 138 valence electrons. The molecule has 0 saturated carbocycles. The van der Waals surface area contributed by atoms with Gasteiger partial charge in [-0.15, -0.1) is 0 Å². The van der Waals surface area contributed by atoms with E-state index >= 15 is 0 Å². The summed E-state index contributed by atoms with van der Waals surface area (Å²) in [6, 6.07) is 10.2. The molecule has 3 rings (SSSR count). The van der Waals surface area contributed by atoms with Gasteiger partial charge in [-0.2, -0.15) is 0 Å². The molecule has 1 aliphatic rings. The molecule has 0 fully saturated rings. The highest BCUT2D eigenvalue weighted by molar-refractivity contribution is 6.52. The van der Waals surface area contributed by atoms with Gasteiger partial charge in [-0.3, -0.25) is 24.1 Å². The molecule has 0 bridgehead atoms. The minimum Gasteiger partial charge on any atom is -0.456 e. The van der Waals surface area contributed by atoms with Crippen LogP contribution in [0.2, 0.25) is 0 Å². The lowest BCUT2D eigenvalue weighted by atomic mass is 9.97. The molecule has 0 atom stereocenters. The van der Waals surface area contributed by atoms with E-state index in [1.165, 1.54) is 6.07 Å². The van der Waals surface area contributed by atoms with Crippen LogP contribution in [-0.2, 0) is 14.3 Å². The van der Waals surface area contributed by atoms with Crippen molar-refractivity contribution in [2.45, 2.75) is 20.8 Å². The Kier molecular flexibility index (Phi) is 4.90. The number of anilines is 1. The number of amides is 1. The van der Waals surface area contributed by atoms with Gasteiger partial charge in [-0.05, 0) is 44.0 Å². The molecule has 0 radical (unpaired) electrons. The lowest BCUT2D eigenvalue weighted by Crippen LogP contribution is -2.36. The molecule has 0 saturated heterocycles. The summed E-state index contributed by atoms with van der Waals surface area (Å²) in [5, 5.41) is 0. The summed E-state index contributed by atoms with van der Waals surface area (Å²) in [6.07, 6.45) is 0. The molecule has 6 nitrogen and oxygen atoms in total. The molecule has 6 heteroatoms. The average Bonchev–Trinajstić information content (AvgIpc) is 2.84. The second kappa shape index (κ2) is 7.15. The monoisotopic (exact) mass is 365 g/mol. The van der Waals surface area contributed by atoms with Crippen LogP contribution in [-0.4, -0.2) is 36.6 Å². The molecule has 0 N–H and O–H groups in total. The number of ether oxygens (including phenoxy) is 1. The number of carbonyl (C=O) groups is 4. The predicted octanol–water partition coefficient (Wildman–Crippen LogP) is 2.57. The van der Waals surface area contributed by atoms with Crippen molar-refractivity contribution in [1.82, 2.24) is 0 Å². The number of rotatable bonds is 5. The number of nitrogens with zero attached hydrogens (tertiary/aromatic N) is 1.